The van der Waals surface area contributed by atoms with Crippen molar-refractivity contribution in [1.29, 1.82) is 0 Å². The van der Waals surface area contributed by atoms with Gasteiger partial charge in [-0.05, 0) is 43.4 Å². The molecule has 1 atom stereocenters. The van der Waals surface area contributed by atoms with Gasteiger partial charge >= 0.3 is 5.97 Å². The van der Waals surface area contributed by atoms with Gasteiger partial charge in [-0.3, -0.25) is 14.4 Å². The van der Waals surface area contributed by atoms with Crippen molar-refractivity contribution in [2.75, 3.05) is 14.2 Å². The zero-order chi connectivity index (χ0) is 25.8. The van der Waals surface area contributed by atoms with Crippen molar-refractivity contribution in [2.45, 2.75) is 91.0 Å². The molecule has 0 saturated carbocycles. The summed E-state index contributed by atoms with van der Waals surface area (Å²) in [7, 11) is 2.93. The molecule has 0 spiro atoms. The maximum Gasteiger partial charge on any atom is 0.324 e. The molecule has 0 aromatic heterocycles. The lowest BCUT2D eigenvalue weighted by molar-refractivity contribution is -0.153. The Bertz CT molecular complexity index is 905. The van der Waals surface area contributed by atoms with Crippen molar-refractivity contribution in [3.05, 3.63) is 34.9 Å². The van der Waals surface area contributed by atoms with Gasteiger partial charge in [0.25, 0.3) is 0 Å². The number of nitrogens with one attached hydrogen (secondary N) is 1. The molecule has 7 nitrogen and oxygen atoms in total. The van der Waals surface area contributed by atoms with Crippen LogP contribution in [0.1, 0.15) is 117 Å². The van der Waals surface area contributed by atoms with E-state index in [0.717, 1.165) is 25.7 Å². The number of fused-ring (bicyclic) bond motifs is 1. The van der Waals surface area contributed by atoms with Crippen LogP contribution in [0.4, 0.5) is 0 Å². The van der Waals surface area contributed by atoms with Gasteiger partial charge in [0.1, 0.15) is 11.5 Å². The number of hydrogen-bond donors (Lipinski definition) is 1. The molecule has 1 aliphatic carbocycles. The summed E-state index contributed by atoms with van der Waals surface area (Å²) in [6, 6.07) is 1.27. The van der Waals surface area contributed by atoms with E-state index >= 15 is 0 Å². The maximum absolute atomic E-state index is 12.7. The first-order chi connectivity index (χ1) is 16.8. The van der Waals surface area contributed by atoms with E-state index in [0.29, 0.717) is 35.8 Å². The Kier molecular flexibility index (Phi) is 12.0. The smallest absolute Gasteiger partial charge is 0.324 e. The number of benzene rings is 1. The summed E-state index contributed by atoms with van der Waals surface area (Å²) >= 11 is 0. The highest BCUT2D eigenvalue weighted by Crippen LogP contribution is 2.41. The molecule has 1 unspecified atom stereocenters. The van der Waals surface area contributed by atoms with Crippen molar-refractivity contribution in [2.24, 2.45) is 5.92 Å². The quantitative estimate of drug-likeness (QED) is 0.216. The second-order valence-corrected chi connectivity index (χ2v) is 9.50. The van der Waals surface area contributed by atoms with Gasteiger partial charge in [-0.25, -0.2) is 0 Å². The van der Waals surface area contributed by atoms with E-state index in [4.69, 9.17) is 14.3 Å². The fourth-order valence-electron chi connectivity index (χ4n) is 4.29. The number of ketones is 2. The lowest BCUT2D eigenvalue weighted by atomic mass is 9.87. The van der Waals surface area contributed by atoms with Gasteiger partial charge in [0.05, 0.1) is 31.4 Å². The van der Waals surface area contributed by atoms with Crippen molar-refractivity contribution < 1.29 is 28.7 Å². The predicted octanol–water partition coefficient (Wildman–Crippen LogP) is 6.30. The van der Waals surface area contributed by atoms with Crippen LogP contribution < -0.4 is 15.0 Å². The van der Waals surface area contributed by atoms with E-state index in [1.165, 1.54) is 52.1 Å². The highest BCUT2D eigenvalue weighted by atomic mass is 16.7. The van der Waals surface area contributed by atoms with Gasteiger partial charge in [0.2, 0.25) is 0 Å². The fourth-order valence-corrected chi connectivity index (χ4v) is 4.29. The maximum atomic E-state index is 12.7. The average Bonchev–Trinajstić information content (AvgIpc) is 2.84. The molecule has 0 heterocycles. The third kappa shape index (κ3) is 8.20. The monoisotopic (exact) mass is 487 g/mol. The summed E-state index contributed by atoms with van der Waals surface area (Å²) in [5.41, 5.74) is 3.91. The molecule has 7 heteroatoms. The summed E-state index contributed by atoms with van der Waals surface area (Å²) < 4.78 is 11.1. The van der Waals surface area contributed by atoms with E-state index in [1.54, 1.807) is 6.07 Å². The van der Waals surface area contributed by atoms with E-state index in [-0.39, 0.29) is 28.7 Å². The topological polar surface area (TPSA) is 90.9 Å². The first kappa shape index (κ1) is 28.6. The molecule has 2 rings (SSSR count). The minimum atomic E-state index is -0.432. The summed E-state index contributed by atoms with van der Waals surface area (Å²) in [5.74, 6) is 0.0620. The Balaban J connectivity index is 2.17. The normalized spacial score (nSPS) is 13.7. The van der Waals surface area contributed by atoms with E-state index in [1.807, 2.05) is 0 Å². The van der Waals surface area contributed by atoms with Gasteiger partial charge in [-0.1, -0.05) is 59.3 Å². The number of allylic oxidation sites excluding steroid dienone is 2. The number of carbonyl (C=O) groups is 3. The van der Waals surface area contributed by atoms with Crippen molar-refractivity contribution in [3.8, 4) is 11.5 Å². The zero-order valence-electron chi connectivity index (χ0n) is 21.9. The van der Waals surface area contributed by atoms with Crippen LogP contribution in [-0.4, -0.2) is 31.8 Å². The molecule has 0 fully saturated rings. The van der Waals surface area contributed by atoms with Gasteiger partial charge in [-0.15, -0.1) is 5.48 Å². The molecule has 0 bridgehead atoms. The number of hydroxylamine groups is 1. The Labute approximate surface area is 209 Å². The summed E-state index contributed by atoms with van der Waals surface area (Å²) in [6.07, 6.45) is 12.2. The van der Waals surface area contributed by atoms with Gasteiger partial charge in [0, 0.05) is 12.0 Å². The Morgan fingerprint density at radius 2 is 1.51 bits per heavy atom. The third-order valence-electron chi connectivity index (χ3n) is 6.28. The Morgan fingerprint density at radius 1 is 0.886 bits per heavy atom. The second kappa shape index (κ2) is 14.7. The third-order valence-corrected chi connectivity index (χ3v) is 6.28. The van der Waals surface area contributed by atoms with Crippen LogP contribution in [0.15, 0.2) is 18.2 Å². The molecule has 0 saturated heterocycles. The van der Waals surface area contributed by atoms with Crippen molar-refractivity contribution >= 4 is 17.5 Å². The molecule has 194 valence electrons. The van der Waals surface area contributed by atoms with E-state index in [9.17, 15) is 14.4 Å². The van der Waals surface area contributed by atoms with Crippen LogP contribution in [0, 0.1) is 5.92 Å². The van der Waals surface area contributed by atoms with Crippen LogP contribution in [0.3, 0.4) is 0 Å². The standard InChI is InChI=1S/C28H41NO6/c1-6-7-8-9-10-11-12-13-25(32)35-29-21(15-14-19(2)3)20-18-24(33-4)26-22(30)16-17-23(31)27(26)28(20)34-5/h16-19,21,29H,6-15H2,1-5H3. The first-order valence-corrected chi connectivity index (χ1v) is 12.8. The molecule has 0 aliphatic heterocycles. The fraction of sp³-hybridized carbons (Fsp3) is 0.607. The second-order valence-electron chi connectivity index (χ2n) is 9.50. The molecule has 1 aliphatic rings. The van der Waals surface area contributed by atoms with E-state index in [2.05, 4.69) is 26.3 Å². The SMILES string of the molecule is CCCCCCCCCC(=O)ONC(CCC(C)C)c1cc(OC)c2c(c1OC)C(=O)C=CC2=O. The summed E-state index contributed by atoms with van der Waals surface area (Å²) in [4.78, 5) is 43.1. The lowest BCUT2D eigenvalue weighted by Gasteiger charge is -2.25. The van der Waals surface area contributed by atoms with Gasteiger partial charge in [-0.2, -0.15) is 0 Å². The molecular formula is C28H41NO6. The van der Waals surface area contributed by atoms with Crippen LogP contribution >= 0.6 is 0 Å². The van der Waals surface area contributed by atoms with Crippen LogP contribution in [0.5, 0.6) is 11.5 Å². The Hall–Kier alpha value is -2.67. The number of rotatable bonds is 16. The number of unbranched alkanes of at least 4 members (excludes halogenated alkanes) is 6. The first-order valence-electron chi connectivity index (χ1n) is 12.8. The average molecular weight is 488 g/mol. The molecule has 0 radical (unpaired) electrons. The van der Waals surface area contributed by atoms with Crippen molar-refractivity contribution in [3.63, 3.8) is 0 Å². The largest absolute Gasteiger partial charge is 0.496 e. The lowest BCUT2D eigenvalue weighted by Crippen LogP contribution is -2.27. The molecule has 1 N–H and O–H groups in total. The predicted molar refractivity (Wildman–Crippen MR) is 136 cm³/mol. The van der Waals surface area contributed by atoms with Crippen LogP contribution in [0.25, 0.3) is 0 Å². The molecule has 35 heavy (non-hydrogen) atoms. The van der Waals surface area contributed by atoms with E-state index < -0.39 is 6.04 Å². The minimum absolute atomic E-state index is 0.181. The van der Waals surface area contributed by atoms with Crippen LogP contribution in [0.2, 0.25) is 0 Å². The highest BCUT2D eigenvalue weighted by Gasteiger charge is 2.32. The van der Waals surface area contributed by atoms with Crippen LogP contribution in [-0.2, 0) is 9.63 Å². The van der Waals surface area contributed by atoms with Gasteiger partial charge in [0.15, 0.2) is 11.6 Å². The van der Waals surface area contributed by atoms with Crippen molar-refractivity contribution in [1.82, 2.24) is 5.48 Å². The number of hydrogen-bond acceptors (Lipinski definition) is 7. The Morgan fingerprint density at radius 3 is 2.11 bits per heavy atom. The number of carbonyl (C=O) groups excluding carboxylic acids is 3. The molecule has 1 aromatic rings. The highest BCUT2D eigenvalue weighted by molar-refractivity contribution is 6.24. The molecular weight excluding hydrogens is 446 g/mol. The zero-order valence-corrected chi connectivity index (χ0v) is 21.9. The number of ether oxygens (including phenoxy) is 2. The van der Waals surface area contributed by atoms with Gasteiger partial charge < -0.3 is 14.3 Å². The summed E-state index contributed by atoms with van der Waals surface area (Å²) in [5, 5.41) is 0. The molecule has 0 amide bonds. The summed E-state index contributed by atoms with van der Waals surface area (Å²) in [6.45, 7) is 6.42. The minimum Gasteiger partial charge on any atom is -0.496 e. The number of methoxy groups -OCH3 is 2. The molecule has 1 aromatic carbocycles.